The molecule has 0 saturated carbocycles. The molecule has 0 bridgehead atoms. The molecule has 0 N–H and O–H groups in total. The van der Waals surface area contributed by atoms with Gasteiger partial charge in [0.1, 0.15) is 15.9 Å². The molecule has 0 atom stereocenters. The number of thioether (sulfide) groups is 1. The summed E-state index contributed by atoms with van der Waals surface area (Å²) in [6.45, 7) is 4.51. The van der Waals surface area contributed by atoms with Crippen molar-refractivity contribution in [2.75, 3.05) is 25.1 Å². The Hall–Kier alpha value is -2.90. The minimum absolute atomic E-state index is 0.0558. The highest BCUT2D eigenvalue weighted by Crippen LogP contribution is 2.36. The molecule has 1 amide bonds. The van der Waals surface area contributed by atoms with Gasteiger partial charge in [-0.25, -0.2) is 4.98 Å². The fourth-order valence-corrected chi connectivity index (χ4v) is 5.70. The lowest BCUT2D eigenvalue weighted by molar-refractivity contribution is -0.122. The highest BCUT2D eigenvalue weighted by molar-refractivity contribution is 8.26. The molecule has 174 valence electrons. The van der Waals surface area contributed by atoms with Crippen molar-refractivity contribution in [3.63, 3.8) is 0 Å². The van der Waals surface area contributed by atoms with Crippen molar-refractivity contribution in [3.8, 4) is 5.75 Å². The van der Waals surface area contributed by atoms with E-state index in [0.29, 0.717) is 15.8 Å². The van der Waals surface area contributed by atoms with Crippen LogP contribution in [0.25, 0.3) is 17.0 Å². The predicted octanol–water partition coefficient (Wildman–Crippen LogP) is 5.94. The summed E-state index contributed by atoms with van der Waals surface area (Å²) in [7, 11) is 1.64. The average Bonchev–Trinajstić information content (AvgIpc) is 3.12. The van der Waals surface area contributed by atoms with Gasteiger partial charge in [0.05, 0.1) is 24.1 Å². The van der Waals surface area contributed by atoms with Gasteiger partial charge in [-0.3, -0.25) is 9.69 Å². The van der Waals surface area contributed by atoms with Gasteiger partial charge in [0.15, 0.2) is 0 Å². The molecule has 2 aliphatic rings. The Morgan fingerprint density at radius 2 is 1.85 bits per heavy atom. The molecule has 3 heterocycles. The molecule has 5 rings (SSSR count). The van der Waals surface area contributed by atoms with E-state index < -0.39 is 0 Å². The molecular formula is C27H27N3O2S2. The number of aromatic nitrogens is 1. The number of carbonyl (C=O) groups is 1. The van der Waals surface area contributed by atoms with Gasteiger partial charge in [0.2, 0.25) is 0 Å². The number of nitrogens with zero attached hydrogens (tertiary/aromatic N) is 3. The van der Waals surface area contributed by atoms with E-state index in [1.165, 1.54) is 23.7 Å². The summed E-state index contributed by atoms with van der Waals surface area (Å²) >= 11 is 6.95. The van der Waals surface area contributed by atoms with Crippen LogP contribution >= 0.6 is 24.0 Å². The summed E-state index contributed by atoms with van der Waals surface area (Å²) in [6.07, 6.45) is 5.56. The first kappa shape index (κ1) is 22.9. The van der Waals surface area contributed by atoms with Gasteiger partial charge >= 0.3 is 0 Å². The third-order valence-corrected chi connectivity index (χ3v) is 7.67. The van der Waals surface area contributed by atoms with E-state index >= 15 is 0 Å². The SMILES string of the molecule is COc1ccc(CN2C(=O)/C(=C/c3cc4cc(C)ccc4nc3N3CCCCC3)SC2=S)cc1. The average molecular weight is 490 g/mol. The molecule has 5 nitrogen and oxygen atoms in total. The minimum atomic E-state index is -0.0558. The lowest BCUT2D eigenvalue weighted by Crippen LogP contribution is -2.30. The van der Waals surface area contributed by atoms with E-state index in [4.69, 9.17) is 21.9 Å². The number of benzene rings is 2. The second-order valence-corrected chi connectivity index (χ2v) is 10.4. The van der Waals surface area contributed by atoms with Crippen LogP contribution < -0.4 is 9.64 Å². The summed E-state index contributed by atoms with van der Waals surface area (Å²) in [5.74, 6) is 1.69. The van der Waals surface area contributed by atoms with Crippen LogP contribution in [0, 0.1) is 6.92 Å². The highest BCUT2D eigenvalue weighted by atomic mass is 32.2. The van der Waals surface area contributed by atoms with Crippen molar-refractivity contribution in [1.29, 1.82) is 0 Å². The molecule has 2 aromatic carbocycles. The van der Waals surface area contributed by atoms with E-state index in [9.17, 15) is 4.79 Å². The zero-order chi connectivity index (χ0) is 23.7. The Balaban J connectivity index is 1.48. The van der Waals surface area contributed by atoms with Gasteiger partial charge in [0, 0.05) is 24.0 Å². The number of aryl methyl sites for hydroxylation is 1. The number of anilines is 1. The number of thiocarbonyl (C=S) groups is 1. The maximum atomic E-state index is 13.3. The number of ether oxygens (including phenoxy) is 1. The molecule has 2 saturated heterocycles. The summed E-state index contributed by atoms with van der Waals surface area (Å²) in [6, 6.07) is 16.2. The van der Waals surface area contributed by atoms with Gasteiger partial charge in [0.25, 0.3) is 5.91 Å². The normalized spacial score (nSPS) is 17.8. The zero-order valence-corrected chi connectivity index (χ0v) is 21.0. The highest BCUT2D eigenvalue weighted by Gasteiger charge is 2.32. The van der Waals surface area contributed by atoms with E-state index in [0.717, 1.165) is 59.5 Å². The first-order valence-electron chi connectivity index (χ1n) is 11.6. The zero-order valence-electron chi connectivity index (χ0n) is 19.4. The van der Waals surface area contributed by atoms with Crippen molar-refractivity contribution in [1.82, 2.24) is 9.88 Å². The lowest BCUT2D eigenvalue weighted by Gasteiger charge is -2.29. The number of amides is 1. The molecule has 0 aliphatic carbocycles. The summed E-state index contributed by atoms with van der Waals surface area (Å²) in [5.41, 5.74) is 4.16. The molecule has 0 radical (unpaired) electrons. The number of fused-ring (bicyclic) bond motifs is 1. The fraction of sp³-hybridized carbons (Fsp3) is 0.296. The Morgan fingerprint density at radius 3 is 2.59 bits per heavy atom. The van der Waals surface area contributed by atoms with Gasteiger partial charge < -0.3 is 9.64 Å². The third-order valence-electron chi connectivity index (χ3n) is 6.29. The van der Waals surface area contributed by atoms with Gasteiger partial charge in [-0.2, -0.15) is 0 Å². The molecule has 34 heavy (non-hydrogen) atoms. The monoisotopic (exact) mass is 489 g/mol. The molecule has 0 spiro atoms. The van der Waals surface area contributed by atoms with Crippen LogP contribution in [0.1, 0.15) is 36.0 Å². The van der Waals surface area contributed by atoms with Crippen molar-refractivity contribution in [2.45, 2.75) is 32.7 Å². The standard InChI is InChI=1S/C27H27N3O2S2/c1-18-6-11-23-20(14-18)15-21(25(28-23)29-12-4-3-5-13-29)16-24-26(31)30(27(33)34-24)17-19-7-9-22(32-2)10-8-19/h6-11,14-16H,3-5,12-13,17H2,1-2H3/b24-16-. The number of piperidine rings is 1. The summed E-state index contributed by atoms with van der Waals surface area (Å²) < 4.78 is 5.81. The molecule has 2 aliphatic heterocycles. The molecule has 7 heteroatoms. The van der Waals surface area contributed by atoms with Crippen molar-refractivity contribution < 1.29 is 9.53 Å². The van der Waals surface area contributed by atoms with Crippen LogP contribution in [-0.2, 0) is 11.3 Å². The van der Waals surface area contributed by atoms with Crippen molar-refractivity contribution in [2.24, 2.45) is 0 Å². The van der Waals surface area contributed by atoms with E-state index in [1.54, 1.807) is 12.0 Å². The van der Waals surface area contributed by atoms with Crippen LogP contribution in [0.2, 0.25) is 0 Å². The Morgan fingerprint density at radius 1 is 1.09 bits per heavy atom. The van der Waals surface area contributed by atoms with E-state index in [1.807, 2.05) is 30.3 Å². The molecular weight excluding hydrogens is 462 g/mol. The first-order chi connectivity index (χ1) is 16.5. The predicted molar refractivity (Wildman–Crippen MR) is 144 cm³/mol. The Labute approximate surface area is 209 Å². The van der Waals surface area contributed by atoms with Crippen LogP contribution in [0.4, 0.5) is 5.82 Å². The number of carbonyl (C=O) groups excluding carboxylic acids is 1. The van der Waals surface area contributed by atoms with Crippen LogP contribution in [-0.4, -0.2) is 40.3 Å². The molecule has 2 fully saturated rings. The Kier molecular flexibility index (Phi) is 6.57. The topological polar surface area (TPSA) is 45.7 Å². The largest absolute Gasteiger partial charge is 0.497 e. The molecule has 3 aromatic rings. The maximum absolute atomic E-state index is 13.3. The van der Waals surface area contributed by atoms with Crippen molar-refractivity contribution in [3.05, 3.63) is 70.1 Å². The second-order valence-electron chi connectivity index (χ2n) is 8.76. The molecule has 1 aromatic heterocycles. The lowest BCUT2D eigenvalue weighted by atomic mass is 10.1. The minimum Gasteiger partial charge on any atom is -0.497 e. The number of pyridine rings is 1. The smallest absolute Gasteiger partial charge is 0.266 e. The number of hydrogen-bond donors (Lipinski definition) is 0. The molecule has 0 unspecified atom stereocenters. The number of rotatable bonds is 5. The van der Waals surface area contributed by atoms with Gasteiger partial charge in [-0.1, -0.05) is 47.7 Å². The maximum Gasteiger partial charge on any atom is 0.266 e. The van der Waals surface area contributed by atoms with Gasteiger partial charge in [-0.15, -0.1) is 0 Å². The van der Waals surface area contributed by atoms with Gasteiger partial charge in [-0.05, 0) is 68.2 Å². The van der Waals surface area contributed by atoms with E-state index in [-0.39, 0.29) is 5.91 Å². The fourth-order valence-electron chi connectivity index (χ4n) is 4.46. The van der Waals surface area contributed by atoms with Crippen LogP contribution in [0.5, 0.6) is 5.75 Å². The quantitative estimate of drug-likeness (QED) is 0.326. The Bertz CT molecular complexity index is 1280. The summed E-state index contributed by atoms with van der Waals surface area (Å²) in [4.78, 5) is 23.0. The third kappa shape index (κ3) is 4.68. The van der Waals surface area contributed by atoms with Crippen LogP contribution in [0.15, 0.2) is 53.4 Å². The van der Waals surface area contributed by atoms with Crippen LogP contribution in [0.3, 0.4) is 0 Å². The van der Waals surface area contributed by atoms with E-state index in [2.05, 4.69) is 36.1 Å². The summed E-state index contributed by atoms with van der Waals surface area (Å²) in [5, 5.41) is 1.08. The number of methoxy groups -OCH3 is 1. The second kappa shape index (κ2) is 9.76. The number of hydrogen-bond acceptors (Lipinski definition) is 6. The first-order valence-corrected chi connectivity index (χ1v) is 12.8. The van der Waals surface area contributed by atoms with Crippen molar-refractivity contribution >= 4 is 57.0 Å².